The summed E-state index contributed by atoms with van der Waals surface area (Å²) in [6.07, 6.45) is 4.29. The van der Waals surface area contributed by atoms with Crippen LogP contribution in [-0.2, 0) is 20.9 Å². The Bertz CT molecular complexity index is 739. The third-order valence-electron chi connectivity index (χ3n) is 5.73. The molecular weight excluding hydrogens is 380 g/mol. The fourth-order valence-electron chi connectivity index (χ4n) is 4.04. The summed E-state index contributed by atoms with van der Waals surface area (Å²) in [6, 6.07) is 8.15. The molecule has 7 heteroatoms. The van der Waals surface area contributed by atoms with Gasteiger partial charge < -0.3 is 19.9 Å². The van der Waals surface area contributed by atoms with Gasteiger partial charge in [-0.05, 0) is 57.2 Å². The Labute approximate surface area is 179 Å². The zero-order valence-electron chi connectivity index (χ0n) is 18.2. The molecule has 1 aromatic carbocycles. The van der Waals surface area contributed by atoms with Crippen LogP contribution in [0.1, 0.15) is 51.5 Å². The first-order chi connectivity index (χ1) is 14.6. The van der Waals surface area contributed by atoms with Gasteiger partial charge in [-0.1, -0.05) is 12.1 Å². The number of benzene rings is 1. The van der Waals surface area contributed by atoms with Crippen molar-refractivity contribution in [2.45, 2.75) is 52.5 Å². The van der Waals surface area contributed by atoms with Crippen LogP contribution in [0, 0.1) is 5.92 Å². The highest BCUT2D eigenvalue weighted by Crippen LogP contribution is 2.22. The number of aliphatic imine (C=N–C) groups is 1. The molecule has 0 aromatic heterocycles. The molecule has 0 radical (unpaired) electrons. The van der Waals surface area contributed by atoms with Gasteiger partial charge in [0.05, 0.1) is 19.1 Å². The minimum atomic E-state index is -0.0774. The molecule has 1 amide bonds. The Kier molecular flexibility index (Phi) is 8.11. The standard InChI is InChI=1S/C23H34N4O3/c1-3-24-23(26-15-12-19(13-16-26)22(29)30-4-2)25-17-18-8-10-20(11-9-18)27-14-6-5-7-21(27)28/h8-11,19H,3-7,12-17H2,1-2H3,(H,24,25). The number of carbonyl (C=O) groups excluding carboxylic acids is 2. The van der Waals surface area contributed by atoms with Crippen molar-refractivity contribution in [3.05, 3.63) is 29.8 Å². The Balaban J connectivity index is 1.58. The number of anilines is 1. The van der Waals surface area contributed by atoms with Crippen LogP contribution in [0.25, 0.3) is 0 Å². The molecule has 0 saturated carbocycles. The molecule has 0 bridgehead atoms. The number of nitrogens with one attached hydrogen (secondary N) is 1. The predicted molar refractivity (Wildman–Crippen MR) is 118 cm³/mol. The second-order valence-corrected chi connectivity index (χ2v) is 7.85. The monoisotopic (exact) mass is 414 g/mol. The van der Waals surface area contributed by atoms with Crippen LogP contribution >= 0.6 is 0 Å². The summed E-state index contributed by atoms with van der Waals surface area (Å²) in [4.78, 5) is 33.0. The number of hydrogen-bond donors (Lipinski definition) is 1. The van der Waals surface area contributed by atoms with E-state index in [1.165, 1.54) is 0 Å². The summed E-state index contributed by atoms with van der Waals surface area (Å²) < 4.78 is 5.16. The summed E-state index contributed by atoms with van der Waals surface area (Å²) in [5.74, 6) is 1.02. The van der Waals surface area contributed by atoms with E-state index >= 15 is 0 Å². The number of nitrogens with zero attached hydrogens (tertiary/aromatic N) is 3. The summed E-state index contributed by atoms with van der Waals surface area (Å²) in [5, 5.41) is 3.37. The molecule has 0 atom stereocenters. The van der Waals surface area contributed by atoms with E-state index in [0.717, 1.165) is 69.1 Å². The van der Waals surface area contributed by atoms with Crippen LogP contribution < -0.4 is 10.2 Å². The summed E-state index contributed by atoms with van der Waals surface area (Å²) in [7, 11) is 0. The van der Waals surface area contributed by atoms with Crippen LogP contribution in [0.2, 0.25) is 0 Å². The third-order valence-corrected chi connectivity index (χ3v) is 5.73. The lowest BCUT2D eigenvalue weighted by Crippen LogP contribution is -2.46. The quantitative estimate of drug-likeness (QED) is 0.440. The van der Waals surface area contributed by atoms with Crippen LogP contribution in [-0.4, -0.2) is 55.5 Å². The number of likely N-dealkylation sites (tertiary alicyclic amines) is 1. The Hall–Kier alpha value is -2.57. The molecule has 0 spiro atoms. The van der Waals surface area contributed by atoms with Crippen LogP contribution in [0.15, 0.2) is 29.3 Å². The minimum absolute atomic E-state index is 0.00545. The van der Waals surface area contributed by atoms with Crippen molar-refractivity contribution in [3.8, 4) is 0 Å². The zero-order valence-corrected chi connectivity index (χ0v) is 18.2. The van der Waals surface area contributed by atoms with Gasteiger partial charge in [0.15, 0.2) is 5.96 Å². The van der Waals surface area contributed by atoms with Gasteiger partial charge in [-0.2, -0.15) is 0 Å². The Morgan fingerprint density at radius 2 is 1.87 bits per heavy atom. The molecule has 164 valence electrons. The predicted octanol–water partition coefficient (Wildman–Crippen LogP) is 2.94. The molecule has 1 aromatic rings. The first kappa shape index (κ1) is 22.1. The van der Waals surface area contributed by atoms with E-state index in [9.17, 15) is 9.59 Å². The average molecular weight is 415 g/mol. The van der Waals surface area contributed by atoms with Crippen molar-refractivity contribution in [1.82, 2.24) is 10.2 Å². The topological polar surface area (TPSA) is 74.2 Å². The Morgan fingerprint density at radius 1 is 1.13 bits per heavy atom. The molecule has 7 nitrogen and oxygen atoms in total. The van der Waals surface area contributed by atoms with E-state index in [2.05, 4.69) is 29.3 Å². The molecule has 0 unspecified atom stereocenters. The first-order valence-electron chi connectivity index (χ1n) is 11.2. The van der Waals surface area contributed by atoms with Gasteiger partial charge in [0, 0.05) is 38.3 Å². The van der Waals surface area contributed by atoms with Crippen molar-refractivity contribution < 1.29 is 14.3 Å². The van der Waals surface area contributed by atoms with Gasteiger partial charge in [0.1, 0.15) is 0 Å². The van der Waals surface area contributed by atoms with Gasteiger partial charge in [0.25, 0.3) is 0 Å². The van der Waals surface area contributed by atoms with E-state index in [1.807, 2.05) is 24.0 Å². The fraction of sp³-hybridized carbons (Fsp3) is 0.609. The van der Waals surface area contributed by atoms with Crippen LogP contribution in [0.5, 0.6) is 0 Å². The van der Waals surface area contributed by atoms with E-state index < -0.39 is 0 Å². The average Bonchev–Trinajstić information content (AvgIpc) is 2.78. The number of carbonyl (C=O) groups is 2. The zero-order chi connectivity index (χ0) is 21.3. The molecule has 2 aliphatic heterocycles. The van der Waals surface area contributed by atoms with E-state index in [4.69, 9.17) is 9.73 Å². The van der Waals surface area contributed by atoms with Crippen LogP contribution in [0.3, 0.4) is 0 Å². The van der Waals surface area contributed by atoms with Gasteiger partial charge in [0.2, 0.25) is 5.91 Å². The number of esters is 1. The lowest BCUT2D eigenvalue weighted by molar-refractivity contribution is -0.149. The molecule has 2 saturated heterocycles. The second-order valence-electron chi connectivity index (χ2n) is 7.85. The largest absolute Gasteiger partial charge is 0.466 e. The fourth-order valence-corrected chi connectivity index (χ4v) is 4.04. The van der Waals surface area contributed by atoms with Crippen molar-refractivity contribution in [3.63, 3.8) is 0 Å². The highest BCUT2D eigenvalue weighted by Gasteiger charge is 2.27. The number of amides is 1. The smallest absolute Gasteiger partial charge is 0.309 e. The molecule has 0 aliphatic carbocycles. The molecule has 30 heavy (non-hydrogen) atoms. The highest BCUT2D eigenvalue weighted by atomic mass is 16.5. The molecular formula is C23H34N4O3. The number of guanidine groups is 1. The second kappa shape index (κ2) is 11.0. The summed E-state index contributed by atoms with van der Waals surface area (Å²) in [6.45, 7) is 8.12. The van der Waals surface area contributed by atoms with Gasteiger partial charge in [-0.15, -0.1) is 0 Å². The van der Waals surface area contributed by atoms with E-state index in [1.54, 1.807) is 0 Å². The van der Waals surface area contributed by atoms with Crippen molar-refractivity contribution in [2.24, 2.45) is 10.9 Å². The van der Waals surface area contributed by atoms with Crippen LogP contribution in [0.4, 0.5) is 5.69 Å². The maximum Gasteiger partial charge on any atom is 0.309 e. The number of piperidine rings is 2. The number of rotatable bonds is 6. The molecule has 3 rings (SSSR count). The third kappa shape index (κ3) is 5.74. The Morgan fingerprint density at radius 3 is 2.50 bits per heavy atom. The molecule has 1 N–H and O–H groups in total. The highest BCUT2D eigenvalue weighted by molar-refractivity contribution is 5.94. The van der Waals surface area contributed by atoms with Gasteiger partial charge >= 0.3 is 5.97 Å². The van der Waals surface area contributed by atoms with Gasteiger partial charge in [-0.3, -0.25) is 9.59 Å². The van der Waals surface area contributed by atoms with Gasteiger partial charge in [-0.25, -0.2) is 4.99 Å². The molecule has 2 aliphatic rings. The van der Waals surface area contributed by atoms with Crippen molar-refractivity contribution >= 4 is 23.5 Å². The SMILES string of the molecule is CCNC(=NCc1ccc(N2CCCCC2=O)cc1)N1CCC(C(=O)OCC)CC1. The number of hydrogen-bond acceptors (Lipinski definition) is 4. The lowest BCUT2D eigenvalue weighted by atomic mass is 9.97. The van der Waals surface area contributed by atoms with E-state index in [0.29, 0.717) is 19.6 Å². The molecule has 2 fully saturated rings. The van der Waals surface area contributed by atoms with E-state index in [-0.39, 0.29) is 17.8 Å². The first-order valence-corrected chi connectivity index (χ1v) is 11.2. The van der Waals surface area contributed by atoms with Crippen molar-refractivity contribution in [1.29, 1.82) is 0 Å². The summed E-state index contributed by atoms with van der Waals surface area (Å²) in [5.41, 5.74) is 2.08. The lowest BCUT2D eigenvalue weighted by Gasteiger charge is -2.33. The maximum absolute atomic E-state index is 12.1. The maximum atomic E-state index is 12.1. The normalized spacial score (nSPS) is 18.5. The number of ether oxygens (including phenoxy) is 1. The van der Waals surface area contributed by atoms with Crippen molar-refractivity contribution in [2.75, 3.05) is 37.7 Å². The minimum Gasteiger partial charge on any atom is -0.466 e. The summed E-state index contributed by atoms with van der Waals surface area (Å²) >= 11 is 0. The molecule has 2 heterocycles.